The van der Waals surface area contributed by atoms with Crippen molar-refractivity contribution in [3.63, 3.8) is 0 Å². The van der Waals surface area contributed by atoms with E-state index in [-0.39, 0.29) is 18.9 Å². The fourth-order valence-electron chi connectivity index (χ4n) is 1.34. The summed E-state index contributed by atoms with van der Waals surface area (Å²) in [6, 6.07) is 0. The van der Waals surface area contributed by atoms with Crippen LogP contribution in [0.25, 0.3) is 0 Å². The lowest BCUT2D eigenvalue weighted by Crippen LogP contribution is -2.25. The van der Waals surface area contributed by atoms with E-state index in [1.54, 1.807) is 0 Å². The van der Waals surface area contributed by atoms with Crippen LogP contribution in [0.3, 0.4) is 0 Å². The Balaban J connectivity index is 2.16. The molecule has 1 saturated heterocycles. The molecule has 74 valence electrons. The molecule has 14 heavy (non-hydrogen) atoms. The van der Waals surface area contributed by atoms with Gasteiger partial charge >= 0.3 is 5.97 Å². The van der Waals surface area contributed by atoms with Gasteiger partial charge in [-0.2, -0.15) is 4.37 Å². The minimum atomic E-state index is -0.939. The molecule has 1 atom stereocenters. The highest BCUT2D eigenvalue weighted by molar-refractivity contribution is 7.09. The summed E-state index contributed by atoms with van der Waals surface area (Å²) >= 11 is 1.09. The van der Waals surface area contributed by atoms with Crippen molar-refractivity contribution in [3.8, 4) is 0 Å². The first-order valence-corrected chi connectivity index (χ1v) is 4.75. The number of carbonyl (C=O) groups excluding carboxylic acids is 1. The highest BCUT2D eigenvalue weighted by Crippen LogP contribution is 2.25. The molecule has 0 aliphatic carbocycles. The van der Waals surface area contributed by atoms with Crippen molar-refractivity contribution in [2.24, 2.45) is 5.92 Å². The summed E-state index contributed by atoms with van der Waals surface area (Å²) in [5, 5.41) is 9.21. The second-order valence-electron chi connectivity index (χ2n) is 2.97. The van der Waals surface area contributed by atoms with Crippen molar-refractivity contribution in [2.45, 2.75) is 6.42 Å². The number of anilines is 1. The van der Waals surface area contributed by atoms with Gasteiger partial charge in [0.15, 0.2) is 0 Å². The molecule has 7 heteroatoms. The molecule has 0 spiro atoms. The summed E-state index contributed by atoms with van der Waals surface area (Å²) in [5.74, 6) is -1.76. The molecule has 0 radical (unpaired) electrons. The van der Waals surface area contributed by atoms with E-state index in [1.165, 1.54) is 11.2 Å². The molecule has 1 aromatic heterocycles. The van der Waals surface area contributed by atoms with Crippen LogP contribution < -0.4 is 4.90 Å². The number of nitrogens with zero attached hydrogens (tertiary/aromatic N) is 3. The normalized spacial score (nSPS) is 21.6. The highest BCUT2D eigenvalue weighted by Gasteiger charge is 2.36. The van der Waals surface area contributed by atoms with E-state index in [2.05, 4.69) is 9.36 Å². The van der Waals surface area contributed by atoms with Crippen LogP contribution in [0.2, 0.25) is 0 Å². The molecule has 2 heterocycles. The molecule has 2 rings (SSSR count). The number of carboxylic acid groups (broad SMARTS) is 1. The quantitative estimate of drug-likeness (QED) is 0.746. The van der Waals surface area contributed by atoms with Crippen molar-refractivity contribution in [3.05, 3.63) is 6.33 Å². The number of carbonyl (C=O) groups is 2. The van der Waals surface area contributed by atoms with E-state index in [1.807, 2.05) is 0 Å². The molecule has 1 aromatic rings. The molecule has 6 nitrogen and oxygen atoms in total. The predicted octanol–water partition coefficient (Wildman–Crippen LogP) is -0.0244. The second-order valence-corrected chi connectivity index (χ2v) is 3.73. The standard InChI is InChI=1S/C7H7N3O3S/c11-5-1-4(6(12)13)2-10(5)7-8-3-9-14-7/h3-4H,1-2H2,(H,12,13). The van der Waals surface area contributed by atoms with E-state index >= 15 is 0 Å². The maximum Gasteiger partial charge on any atom is 0.308 e. The van der Waals surface area contributed by atoms with Gasteiger partial charge < -0.3 is 5.11 Å². The number of aliphatic carboxylic acids is 1. The smallest absolute Gasteiger partial charge is 0.308 e. The summed E-state index contributed by atoms with van der Waals surface area (Å²) in [7, 11) is 0. The maximum atomic E-state index is 11.4. The van der Waals surface area contributed by atoms with E-state index in [4.69, 9.17) is 5.11 Å². The largest absolute Gasteiger partial charge is 0.481 e. The first kappa shape index (κ1) is 9.07. The van der Waals surface area contributed by atoms with Crippen LogP contribution in [0, 0.1) is 5.92 Å². The SMILES string of the molecule is O=C(O)C1CC(=O)N(c2ncns2)C1. The number of carboxylic acids is 1. The summed E-state index contributed by atoms with van der Waals surface area (Å²) in [4.78, 5) is 27.3. The Labute approximate surface area is 83.3 Å². The number of amides is 1. The molecule has 1 aliphatic heterocycles. The number of hydrogen-bond donors (Lipinski definition) is 1. The van der Waals surface area contributed by atoms with Crippen LogP contribution in [0.15, 0.2) is 6.33 Å². The lowest BCUT2D eigenvalue weighted by molar-refractivity contribution is -0.141. The Morgan fingerprint density at radius 3 is 3.00 bits per heavy atom. The number of aromatic nitrogens is 2. The van der Waals surface area contributed by atoms with Crippen molar-refractivity contribution in [1.29, 1.82) is 0 Å². The minimum Gasteiger partial charge on any atom is -0.481 e. The highest BCUT2D eigenvalue weighted by atomic mass is 32.1. The Morgan fingerprint density at radius 1 is 1.71 bits per heavy atom. The first-order chi connectivity index (χ1) is 6.68. The van der Waals surface area contributed by atoms with E-state index in [9.17, 15) is 9.59 Å². The number of hydrogen-bond acceptors (Lipinski definition) is 5. The lowest BCUT2D eigenvalue weighted by Gasteiger charge is -2.10. The predicted molar refractivity (Wildman–Crippen MR) is 48.0 cm³/mol. The third-order valence-corrected chi connectivity index (χ3v) is 2.74. The van der Waals surface area contributed by atoms with Gasteiger partial charge in [-0.05, 0) is 0 Å². The average molecular weight is 213 g/mol. The second kappa shape index (κ2) is 3.33. The fraction of sp³-hybridized carbons (Fsp3) is 0.429. The Morgan fingerprint density at radius 2 is 2.50 bits per heavy atom. The lowest BCUT2D eigenvalue weighted by atomic mass is 10.1. The maximum absolute atomic E-state index is 11.4. The molecule has 0 saturated carbocycles. The summed E-state index contributed by atoms with van der Waals surface area (Å²) < 4.78 is 3.76. The van der Waals surface area contributed by atoms with Gasteiger partial charge in [-0.3, -0.25) is 14.5 Å². The van der Waals surface area contributed by atoms with Crippen LogP contribution in [-0.4, -0.2) is 32.9 Å². The van der Waals surface area contributed by atoms with Gasteiger partial charge in [0.25, 0.3) is 0 Å². The molecule has 1 amide bonds. The fourth-order valence-corrected chi connectivity index (χ4v) is 1.90. The van der Waals surface area contributed by atoms with Crippen molar-refractivity contribution in [2.75, 3.05) is 11.4 Å². The van der Waals surface area contributed by atoms with Gasteiger partial charge in [0.2, 0.25) is 11.0 Å². The molecular formula is C7H7N3O3S. The molecule has 0 bridgehead atoms. The van der Waals surface area contributed by atoms with Crippen LogP contribution in [0.4, 0.5) is 5.13 Å². The van der Waals surface area contributed by atoms with Crippen molar-refractivity contribution < 1.29 is 14.7 Å². The van der Waals surface area contributed by atoms with Gasteiger partial charge in [-0.15, -0.1) is 0 Å². The minimum absolute atomic E-state index is 0.0505. The van der Waals surface area contributed by atoms with Gasteiger partial charge in [-0.1, -0.05) is 0 Å². The third-order valence-electron chi connectivity index (χ3n) is 2.05. The Kier molecular flexibility index (Phi) is 2.16. The molecule has 1 N–H and O–H groups in total. The number of rotatable bonds is 2. The first-order valence-electron chi connectivity index (χ1n) is 3.98. The van der Waals surface area contributed by atoms with Crippen molar-refractivity contribution >= 4 is 28.5 Å². The van der Waals surface area contributed by atoms with Gasteiger partial charge in [-0.25, -0.2) is 4.98 Å². The third kappa shape index (κ3) is 1.46. The average Bonchev–Trinajstić information content (AvgIpc) is 2.71. The summed E-state index contributed by atoms with van der Waals surface area (Å²) in [5.41, 5.74) is 0. The van der Waals surface area contributed by atoms with Gasteiger partial charge in [0.05, 0.1) is 5.92 Å². The van der Waals surface area contributed by atoms with Gasteiger partial charge in [0, 0.05) is 24.5 Å². The molecule has 1 unspecified atom stereocenters. The van der Waals surface area contributed by atoms with Crippen LogP contribution in [0.1, 0.15) is 6.42 Å². The van der Waals surface area contributed by atoms with E-state index in [0.29, 0.717) is 5.13 Å². The monoisotopic (exact) mass is 213 g/mol. The zero-order valence-electron chi connectivity index (χ0n) is 7.08. The van der Waals surface area contributed by atoms with E-state index < -0.39 is 11.9 Å². The molecule has 0 aromatic carbocycles. The van der Waals surface area contributed by atoms with Crippen molar-refractivity contribution in [1.82, 2.24) is 9.36 Å². The van der Waals surface area contributed by atoms with Crippen LogP contribution in [0.5, 0.6) is 0 Å². The Hall–Kier alpha value is -1.50. The Bertz CT molecular complexity index is 364. The topological polar surface area (TPSA) is 83.4 Å². The van der Waals surface area contributed by atoms with E-state index in [0.717, 1.165) is 11.5 Å². The van der Waals surface area contributed by atoms with Gasteiger partial charge in [0.1, 0.15) is 6.33 Å². The van der Waals surface area contributed by atoms with Crippen LogP contribution >= 0.6 is 11.5 Å². The molecular weight excluding hydrogens is 206 g/mol. The summed E-state index contributed by atoms with van der Waals surface area (Å²) in [6.45, 7) is 0.198. The zero-order chi connectivity index (χ0) is 10.1. The molecule has 1 fully saturated rings. The zero-order valence-corrected chi connectivity index (χ0v) is 7.90. The molecule has 1 aliphatic rings. The summed E-state index contributed by atoms with van der Waals surface area (Å²) in [6.07, 6.45) is 1.40. The van der Waals surface area contributed by atoms with Crippen LogP contribution in [-0.2, 0) is 9.59 Å².